The summed E-state index contributed by atoms with van der Waals surface area (Å²) in [4.78, 5) is 50.3. The first-order valence-electron chi connectivity index (χ1n) is 14.0. The van der Waals surface area contributed by atoms with E-state index in [9.17, 15) is 18.8 Å². The zero-order chi connectivity index (χ0) is 31.2. The summed E-state index contributed by atoms with van der Waals surface area (Å²) >= 11 is 1.42. The van der Waals surface area contributed by atoms with Crippen molar-refractivity contribution in [3.8, 4) is 11.6 Å². The third kappa shape index (κ3) is 5.91. The number of aromatic nitrogens is 2. The predicted molar refractivity (Wildman–Crippen MR) is 160 cm³/mol. The lowest BCUT2D eigenvalue weighted by Gasteiger charge is -2.30. The zero-order valence-corrected chi connectivity index (χ0v) is 25.0. The minimum Gasteiger partial charge on any atom is -0.444 e. The monoisotopic (exact) mass is 621 g/mol. The fraction of sp³-hybridized carbons (Fsp3) is 0.323. The van der Waals surface area contributed by atoms with Crippen molar-refractivity contribution in [1.82, 2.24) is 14.9 Å². The number of halogens is 2. The second kappa shape index (κ2) is 11.1. The number of carbonyl (C=O) groups is 3. The van der Waals surface area contributed by atoms with Crippen LogP contribution in [0.4, 0.5) is 25.0 Å². The van der Waals surface area contributed by atoms with Crippen LogP contribution in [0.15, 0.2) is 48.8 Å². The number of hydrogen-bond donors (Lipinski definition) is 2. The molecule has 4 aromatic rings. The fourth-order valence-electron chi connectivity index (χ4n) is 4.94. The van der Waals surface area contributed by atoms with E-state index in [1.165, 1.54) is 54.1 Å². The molecule has 10 nitrogen and oxygen atoms in total. The molecule has 1 aliphatic carbocycles. The van der Waals surface area contributed by atoms with Gasteiger partial charge in [-0.2, -0.15) is 0 Å². The molecule has 0 radical (unpaired) electrons. The van der Waals surface area contributed by atoms with Gasteiger partial charge in [-0.05, 0) is 82.0 Å². The van der Waals surface area contributed by atoms with E-state index in [0.29, 0.717) is 48.3 Å². The summed E-state index contributed by atoms with van der Waals surface area (Å²) in [5.74, 6) is -2.18. The highest BCUT2D eigenvalue weighted by molar-refractivity contribution is 7.18. The molecule has 0 spiro atoms. The molecule has 2 aromatic carbocycles. The first-order chi connectivity index (χ1) is 20.9. The molecule has 0 unspecified atom stereocenters. The van der Waals surface area contributed by atoms with Gasteiger partial charge in [0, 0.05) is 28.9 Å². The van der Waals surface area contributed by atoms with Gasteiger partial charge in [-0.3, -0.25) is 9.59 Å². The Labute approximate surface area is 255 Å². The normalized spacial score (nSPS) is 15.3. The van der Waals surface area contributed by atoms with Crippen molar-refractivity contribution in [2.75, 3.05) is 17.2 Å². The molecule has 0 saturated heterocycles. The Hall–Kier alpha value is -4.65. The third-order valence-electron chi connectivity index (χ3n) is 7.37. The van der Waals surface area contributed by atoms with Gasteiger partial charge in [0.15, 0.2) is 11.6 Å². The predicted octanol–water partition coefficient (Wildman–Crippen LogP) is 6.41. The highest BCUT2D eigenvalue weighted by Gasteiger charge is 2.56. The van der Waals surface area contributed by atoms with Crippen LogP contribution in [0, 0.1) is 17.0 Å². The first-order valence-corrected chi connectivity index (χ1v) is 14.8. The van der Waals surface area contributed by atoms with Crippen molar-refractivity contribution in [1.29, 1.82) is 0 Å². The largest absolute Gasteiger partial charge is 0.444 e. The number of anilines is 2. The maximum Gasteiger partial charge on any atom is 0.410 e. The Morgan fingerprint density at radius 2 is 1.66 bits per heavy atom. The van der Waals surface area contributed by atoms with E-state index in [4.69, 9.17) is 9.47 Å². The Bertz CT molecular complexity index is 1780. The van der Waals surface area contributed by atoms with Crippen LogP contribution in [0.25, 0.3) is 10.2 Å². The van der Waals surface area contributed by atoms with Crippen LogP contribution in [0.5, 0.6) is 11.6 Å². The Morgan fingerprint density at radius 3 is 2.32 bits per heavy atom. The van der Waals surface area contributed by atoms with Crippen molar-refractivity contribution < 1.29 is 32.6 Å². The summed E-state index contributed by atoms with van der Waals surface area (Å²) in [5, 5.41) is 5.93. The summed E-state index contributed by atoms with van der Waals surface area (Å²) in [6, 6.07) is 9.20. The average Bonchev–Trinajstić information content (AvgIpc) is 3.70. The van der Waals surface area contributed by atoms with Crippen molar-refractivity contribution in [2.24, 2.45) is 5.41 Å². The van der Waals surface area contributed by atoms with Gasteiger partial charge in [0.2, 0.25) is 17.7 Å². The van der Waals surface area contributed by atoms with E-state index in [-0.39, 0.29) is 17.3 Å². The molecule has 2 aromatic heterocycles. The maximum atomic E-state index is 15.2. The Balaban J connectivity index is 1.15. The summed E-state index contributed by atoms with van der Waals surface area (Å²) in [6.45, 7) is 6.25. The van der Waals surface area contributed by atoms with Crippen LogP contribution < -0.4 is 15.4 Å². The van der Waals surface area contributed by atoms with Crippen LogP contribution >= 0.6 is 11.3 Å². The molecule has 0 atom stereocenters. The first kappa shape index (κ1) is 29.4. The number of hydrogen-bond acceptors (Lipinski definition) is 8. The number of thiophene rings is 1. The van der Waals surface area contributed by atoms with Crippen molar-refractivity contribution in [2.45, 2.75) is 52.2 Å². The number of nitrogens with zero attached hydrogens (tertiary/aromatic N) is 3. The molecule has 44 heavy (non-hydrogen) atoms. The van der Waals surface area contributed by atoms with E-state index in [1.54, 1.807) is 4.90 Å². The molecule has 1 saturated carbocycles. The minimum absolute atomic E-state index is 0.107. The SMILES string of the molecule is CC(C)(C)OC(=O)N1CCc2c(sc3ncnc(Oc4ccc(NC(=O)C5(C(=O)Nc6ccc(F)cc6)CC5)cc4F)c23)C1. The van der Waals surface area contributed by atoms with Crippen LogP contribution in [0.1, 0.15) is 44.1 Å². The van der Waals surface area contributed by atoms with Crippen LogP contribution in [0.3, 0.4) is 0 Å². The molecule has 1 fully saturated rings. The number of benzene rings is 2. The van der Waals surface area contributed by atoms with E-state index in [2.05, 4.69) is 20.6 Å². The summed E-state index contributed by atoms with van der Waals surface area (Å²) in [5.41, 5.74) is -0.425. The summed E-state index contributed by atoms with van der Waals surface area (Å²) in [7, 11) is 0. The van der Waals surface area contributed by atoms with Crippen molar-refractivity contribution >= 4 is 50.8 Å². The lowest BCUT2D eigenvalue weighted by molar-refractivity contribution is -0.131. The smallest absolute Gasteiger partial charge is 0.410 e. The van der Waals surface area contributed by atoms with Gasteiger partial charge in [0.25, 0.3) is 0 Å². The number of ether oxygens (including phenoxy) is 2. The molecule has 6 rings (SSSR count). The fourth-order valence-corrected chi connectivity index (χ4v) is 6.13. The quantitative estimate of drug-likeness (QED) is 0.239. The average molecular weight is 622 g/mol. The second-order valence-electron chi connectivity index (χ2n) is 11.8. The molecular weight excluding hydrogens is 592 g/mol. The number of fused-ring (bicyclic) bond motifs is 3. The third-order valence-corrected chi connectivity index (χ3v) is 8.50. The number of amides is 3. The maximum absolute atomic E-state index is 15.2. The number of rotatable bonds is 6. The van der Waals surface area contributed by atoms with Gasteiger partial charge in [-0.15, -0.1) is 11.3 Å². The molecule has 3 heterocycles. The molecule has 2 aliphatic rings. The molecule has 2 N–H and O–H groups in total. The van der Waals surface area contributed by atoms with Crippen LogP contribution in [-0.2, 0) is 27.3 Å². The van der Waals surface area contributed by atoms with Crippen molar-refractivity contribution in [3.05, 3.63) is 70.9 Å². The summed E-state index contributed by atoms with van der Waals surface area (Å²) in [6.07, 6.45) is 2.14. The molecule has 0 bridgehead atoms. The highest BCUT2D eigenvalue weighted by atomic mass is 32.1. The Kier molecular flexibility index (Phi) is 7.44. The van der Waals surface area contributed by atoms with Gasteiger partial charge in [0.1, 0.15) is 28.0 Å². The van der Waals surface area contributed by atoms with Crippen LogP contribution in [0.2, 0.25) is 0 Å². The van der Waals surface area contributed by atoms with Gasteiger partial charge >= 0.3 is 6.09 Å². The number of nitrogens with one attached hydrogen (secondary N) is 2. The molecule has 1 aliphatic heterocycles. The van der Waals surface area contributed by atoms with Crippen LogP contribution in [-0.4, -0.2) is 44.9 Å². The lowest BCUT2D eigenvalue weighted by atomic mass is 10.0. The summed E-state index contributed by atoms with van der Waals surface area (Å²) < 4.78 is 39.8. The molecule has 228 valence electrons. The zero-order valence-electron chi connectivity index (χ0n) is 24.2. The molecule has 3 amide bonds. The van der Waals surface area contributed by atoms with Gasteiger partial charge in [-0.1, -0.05) is 0 Å². The van der Waals surface area contributed by atoms with Gasteiger partial charge in [-0.25, -0.2) is 23.5 Å². The van der Waals surface area contributed by atoms with Crippen molar-refractivity contribution in [3.63, 3.8) is 0 Å². The Morgan fingerprint density at radius 1 is 0.977 bits per heavy atom. The van der Waals surface area contributed by atoms with Gasteiger partial charge in [0.05, 0.1) is 11.9 Å². The lowest BCUT2D eigenvalue weighted by Crippen LogP contribution is -2.39. The van der Waals surface area contributed by atoms with E-state index >= 15 is 4.39 Å². The minimum atomic E-state index is -1.29. The topological polar surface area (TPSA) is 123 Å². The number of carbonyl (C=O) groups excluding carboxylic acids is 3. The van der Waals surface area contributed by atoms with Gasteiger partial charge < -0.3 is 25.0 Å². The molecule has 13 heteroatoms. The van der Waals surface area contributed by atoms with E-state index < -0.39 is 40.6 Å². The highest BCUT2D eigenvalue weighted by Crippen LogP contribution is 2.48. The van der Waals surface area contributed by atoms with E-state index in [1.807, 2.05) is 20.8 Å². The molecular formula is C31H29F2N5O5S. The second-order valence-corrected chi connectivity index (χ2v) is 12.8. The van der Waals surface area contributed by atoms with E-state index in [0.717, 1.165) is 16.5 Å². The standard InChI is InChI=1S/C31H29F2N5O5S/c1-30(2,3)43-29(41)38-13-10-20-23(15-38)44-26-24(20)25(34-16-35-26)42-22-9-8-19(14-21(22)33)37-28(40)31(11-12-31)27(39)36-18-6-4-17(32)5-7-18/h4-9,14,16H,10-13,15H2,1-3H3,(H,36,39)(H,37,40).